The van der Waals surface area contributed by atoms with Crippen LogP contribution in [0, 0.1) is 0 Å². The SMILES string of the molecule is CC(C)(C)c1cc2c(cc1-c1cccc3ccccc13)Cc1c-2cc(C(C)(C)C)c(-c2cccc3ccccc23)[c]1[Zr]([C]1=CC=CC1)=[C](Cc1ccccc1)Cc1ccccc1. The van der Waals surface area contributed by atoms with Crippen molar-refractivity contribution in [3.05, 3.63) is 219 Å². The summed E-state index contributed by atoms with van der Waals surface area (Å²) in [6.45, 7) is 14.5. The van der Waals surface area contributed by atoms with E-state index in [2.05, 4.69) is 224 Å². The van der Waals surface area contributed by atoms with E-state index in [-0.39, 0.29) is 10.8 Å². The summed E-state index contributed by atoms with van der Waals surface area (Å²) in [6.07, 6.45) is 11.3. The monoisotopic (exact) mass is 878 g/mol. The average molecular weight is 880 g/mol. The Bertz CT molecular complexity index is 3050. The number of hydrogen-bond acceptors (Lipinski definition) is 0. The van der Waals surface area contributed by atoms with Crippen LogP contribution in [0.1, 0.15) is 81.3 Å². The standard InChI is InChI=1S/C41H37.C15H14.C5H5.Zr/c1-40(2,3)38-24-34-28(22-36(38)32-19-11-15-26-13-7-9-17-30(26)32)21-29-23-37(39(25-35(29)34)41(4,5)6)33-20-12-16-27-14-8-10-18-31(27)33;1-3-8-14(9-4-1)12-7-13-15-10-5-2-6-11-15;1-2-4-5-3-1;/h7-20,22,24-25H,21H2,1-6H3;1-6,8-11H,12-13H2;1-3H,4H2;. The molecular weight excluding hydrogens is 824 g/mol. The summed E-state index contributed by atoms with van der Waals surface area (Å²) < 4.78 is 5.13. The molecule has 0 aromatic heterocycles. The molecule has 10 rings (SSSR count). The van der Waals surface area contributed by atoms with Crippen LogP contribution >= 0.6 is 0 Å². The molecule has 62 heavy (non-hydrogen) atoms. The molecule has 0 aliphatic heterocycles. The van der Waals surface area contributed by atoms with Gasteiger partial charge in [0.15, 0.2) is 0 Å². The Hall–Kier alpha value is -5.49. The van der Waals surface area contributed by atoms with Crippen molar-refractivity contribution in [1.29, 1.82) is 0 Å². The van der Waals surface area contributed by atoms with Gasteiger partial charge in [0.1, 0.15) is 0 Å². The Morgan fingerprint density at radius 2 is 1.03 bits per heavy atom. The molecule has 0 heterocycles. The predicted molar refractivity (Wildman–Crippen MR) is 265 cm³/mol. The number of fused-ring (bicyclic) bond motifs is 5. The van der Waals surface area contributed by atoms with Crippen LogP contribution in [-0.2, 0) is 51.4 Å². The zero-order valence-electron chi connectivity index (χ0n) is 37.1. The van der Waals surface area contributed by atoms with Crippen LogP contribution in [0.4, 0.5) is 0 Å². The molecule has 0 bridgehead atoms. The molecule has 0 saturated carbocycles. The van der Waals surface area contributed by atoms with E-state index < -0.39 is 21.3 Å². The molecule has 304 valence electrons. The molecule has 0 amide bonds. The summed E-state index contributed by atoms with van der Waals surface area (Å²) in [5, 5.41) is 5.26. The maximum atomic E-state index is 2.65. The normalized spacial score (nSPS) is 13.4. The molecule has 0 atom stereocenters. The van der Waals surface area contributed by atoms with Crippen LogP contribution in [0.5, 0.6) is 0 Å². The van der Waals surface area contributed by atoms with Crippen LogP contribution in [-0.4, -0.2) is 3.21 Å². The van der Waals surface area contributed by atoms with Crippen LogP contribution < -0.4 is 3.27 Å². The Kier molecular flexibility index (Phi) is 10.7. The van der Waals surface area contributed by atoms with Gasteiger partial charge in [0.25, 0.3) is 0 Å². The predicted octanol–water partition coefficient (Wildman–Crippen LogP) is 15.2. The minimum atomic E-state index is -3.02. The second-order valence-electron chi connectivity index (χ2n) is 19.6. The van der Waals surface area contributed by atoms with Gasteiger partial charge in [0, 0.05) is 0 Å². The first-order valence-corrected chi connectivity index (χ1v) is 26.2. The van der Waals surface area contributed by atoms with Gasteiger partial charge in [-0.25, -0.2) is 0 Å². The van der Waals surface area contributed by atoms with Crippen LogP contribution in [0.15, 0.2) is 185 Å². The number of allylic oxidation sites excluding steroid dienone is 4. The number of benzene rings is 8. The summed E-state index contributed by atoms with van der Waals surface area (Å²) >= 11 is -3.02. The van der Waals surface area contributed by atoms with Gasteiger partial charge in [-0.2, -0.15) is 0 Å². The molecule has 0 saturated heterocycles. The van der Waals surface area contributed by atoms with Gasteiger partial charge in [0.05, 0.1) is 0 Å². The van der Waals surface area contributed by atoms with Crippen molar-refractivity contribution in [2.45, 2.75) is 78.1 Å². The molecule has 8 aromatic rings. The van der Waals surface area contributed by atoms with E-state index in [0.29, 0.717) is 0 Å². The zero-order chi connectivity index (χ0) is 42.6. The second-order valence-corrected chi connectivity index (χ2v) is 26.0. The van der Waals surface area contributed by atoms with Crippen molar-refractivity contribution < 1.29 is 21.3 Å². The van der Waals surface area contributed by atoms with Crippen molar-refractivity contribution >= 4 is 28.0 Å². The molecule has 0 N–H and O–H groups in total. The fourth-order valence-electron chi connectivity index (χ4n) is 10.4. The van der Waals surface area contributed by atoms with Crippen molar-refractivity contribution in [2.24, 2.45) is 0 Å². The topological polar surface area (TPSA) is 0 Å². The van der Waals surface area contributed by atoms with E-state index >= 15 is 0 Å². The number of hydrogen-bond donors (Lipinski definition) is 0. The van der Waals surface area contributed by atoms with Crippen LogP contribution in [0.2, 0.25) is 0 Å². The van der Waals surface area contributed by atoms with E-state index in [0.717, 1.165) is 25.7 Å². The van der Waals surface area contributed by atoms with E-state index in [1.54, 1.807) is 15.3 Å². The van der Waals surface area contributed by atoms with Gasteiger partial charge in [-0.1, -0.05) is 0 Å². The van der Waals surface area contributed by atoms with Gasteiger partial charge in [-0.05, 0) is 0 Å². The molecule has 0 nitrogen and oxygen atoms in total. The zero-order valence-corrected chi connectivity index (χ0v) is 39.6. The third-order valence-electron chi connectivity index (χ3n) is 13.3. The molecule has 0 fully saturated rings. The fourth-order valence-corrected chi connectivity index (χ4v) is 19.0. The Balaban J connectivity index is 1.34. The summed E-state index contributed by atoms with van der Waals surface area (Å²) in [7, 11) is 0. The maximum absolute atomic E-state index is 3.02. The molecular formula is C61H56Zr. The second kappa shape index (κ2) is 16.3. The van der Waals surface area contributed by atoms with Crippen LogP contribution in [0.25, 0.3) is 54.9 Å². The van der Waals surface area contributed by atoms with Crippen molar-refractivity contribution in [1.82, 2.24) is 0 Å². The van der Waals surface area contributed by atoms with Crippen molar-refractivity contribution in [3.63, 3.8) is 0 Å². The molecule has 8 aromatic carbocycles. The van der Waals surface area contributed by atoms with Crippen molar-refractivity contribution in [3.8, 4) is 33.4 Å². The van der Waals surface area contributed by atoms with Gasteiger partial charge in [-0.15, -0.1) is 0 Å². The Labute approximate surface area is 376 Å². The molecule has 1 heteroatoms. The average Bonchev–Trinajstić information content (AvgIpc) is 3.94. The van der Waals surface area contributed by atoms with Gasteiger partial charge >= 0.3 is 379 Å². The molecule has 0 radical (unpaired) electrons. The third kappa shape index (κ3) is 7.58. The third-order valence-corrected chi connectivity index (χ3v) is 21.0. The first-order chi connectivity index (χ1) is 30.0. The first kappa shape index (κ1) is 40.6. The summed E-state index contributed by atoms with van der Waals surface area (Å²) in [5.41, 5.74) is 17.1. The van der Waals surface area contributed by atoms with E-state index in [1.165, 1.54) is 82.7 Å². The summed E-state index contributed by atoms with van der Waals surface area (Å²) in [4.78, 5) is 0. The Morgan fingerprint density at radius 1 is 0.500 bits per heavy atom. The van der Waals surface area contributed by atoms with Crippen LogP contribution in [0.3, 0.4) is 0 Å². The minimum absolute atomic E-state index is 0.0593. The number of rotatable bonds is 8. The summed E-state index contributed by atoms with van der Waals surface area (Å²) in [5.74, 6) is 0. The Morgan fingerprint density at radius 3 is 1.61 bits per heavy atom. The van der Waals surface area contributed by atoms with E-state index in [4.69, 9.17) is 0 Å². The van der Waals surface area contributed by atoms with Gasteiger partial charge < -0.3 is 0 Å². The van der Waals surface area contributed by atoms with Gasteiger partial charge in [-0.3, -0.25) is 0 Å². The molecule has 2 aliphatic carbocycles. The first-order valence-electron chi connectivity index (χ1n) is 22.5. The summed E-state index contributed by atoms with van der Waals surface area (Å²) in [6, 6.07) is 62.4. The molecule has 0 spiro atoms. The van der Waals surface area contributed by atoms with E-state index in [9.17, 15) is 0 Å². The fraction of sp³-hybridized carbons (Fsp3) is 0.197. The molecule has 2 aliphatic rings. The quantitative estimate of drug-likeness (QED) is 0.143. The van der Waals surface area contributed by atoms with E-state index in [1.807, 2.05) is 0 Å². The molecule has 0 unspecified atom stereocenters. The van der Waals surface area contributed by atoms with Crippen molar-refractivity contribution in [2.75, 3.05) is 0 Å². The van der Waals surface area contributed by atoms with Gasteiger partial charge in [0.2, 0.25) is 0 Å².